The highest BCUT2D eigenvalue weighted by Crippen LogP contribution is 2.65. The van der Waals surface area contributed by atoms with E-state index in [2.05, 4.69) is 19.9 Å². The van der Waals surface area contributed by atoms with E-state index in [4.69, 9.17) is 4.74 Å². The van der Waals surface area contributed by atoms with E-state index in [1.165, 1.54) is 12.8 Å². The first-order valence-corrected chi connectivity index (χ1v) is 9.28. The number of carbonyl (C=O) groups is 2. The highest BCUT2D eigenvalue weighted by atomic mass is 16.5. The molecule has 0 aromatic rings. The maximum absolute atomic E-state index is 12.1. The van der Waals surface area contributed by atoms with Crippen molar-refractivity contribution in [2.45, 2.75) is 65.7 Å². The smallest absolute Gasteiger partial charge is 0.310 e. The Morgan fingerprint density at radius 1 is 1.17 bits per heavy atom. The summed E-state index contributed by atoms with van der Waals surface area (Å²) in [5.74, 6) is 3.45. The Hall–Kier alpha value is -1.12. The molecule has 0 aromatic heterocycles. The van der Waals surface area contributed by atoms with Gasteiger partial charge in [0.25, 0.3) is 0 Å². The molecule has 2 saturated carbocycles. The van der Waals surface area contributed by atoms with Crippen LogP contribution in [-0.2, 0) is 14.3 Å². The van der Waals surface area contributed by atoms with Gasteiger partial charge < -0.3 is 4.74 Å². The van der Waals surface area contributed by atoms with E-state index in [9.17, 15) is 9.59 Å². The van der Waals surface area contributed by atoms with Gasteiger partial charge in [-0.2, -0.15) is 0 Å². The van der Waals surface area contributed by atoms with Gasteiger partial charge >= 0.3 is 5.97 Å². The minimum atomic E-state index is -0.0645. The minimum absolute atomic E-state index is 0.0342. The third-order valence-corrected chi connectivity index (χ3v) is 7.96. The van der Waals surface area contributed by atoms with Crippen LogP contribution in [0.3, 0.4) is 0 Å². The van der Waals surface area contributed by atoms with Gasteiger partial charge in [0, 0.05) is 17.8 Å². The fourth-order valence-corrected chi connectivity index (χ4v) is 6.74. The molecule has 4 aliphatic rings. The molecule has 0 unspecified atom stereocenters. The molecule has 23 heavy (non-hydrogen) atoms. The van der Waals surface area contributed by atoms with Gasteiger partial charge in [0.1, 0.15) is 11.5 Å². The van der Waals surface area contributed by atoms with E-state index >= 15 is 0 Å². The minimum Gasteiger partial charge on any atom is -0.431 e. The highest BCUT2D eigenvalue weighted by Gasteiger charge is 2.60. The van der Waals surface area contributed by atoms with Gasteiger partial charge in [-0.25, -0.2) is 0 Å². The third-order valence-electron chi connectivity index (χ3n) is 7.96. The summed E-state index contributed by atoms with van der Waals surface area (Å²) in [5.41, 5.74) is 0.229. The number of esters is 1. The van der Waals surface area contributed by atoms with Crippen LogP contribution < -0.4 is 0 Å². The van der Waals surface area contributed by atoms with Crippen molar-refractivity contribution in [3.63, 3.8) is 0 Å². The molecule has 0 bridgehead atoms. The Bertz CT molecular complexity index is 592. The quantitative estimate of drug-likeness (QED) is 0.679. The van der Waals surface area contributed by atoms with Crippen LogP contribution in [0.5, 0.6) is 0 Å². The fraction of sp³-hybridized carbons (Fsp3) is 0.800. The summed E-state index contributed by atoms with van der Waals surface area (Å²) in [7, 11) is 0. The summed E-state index contributed by atoms with van der Waals surface area (Å²) < 4.78 is 5.61. The molecule has 3 heteroatoms. The lowest BCUT2D eigenvalue weighted by Crippen LogP contribution is -2.51. The van der Waals surface area contributed by atoms with E-state index in [0.717, 1.165) is 31.4 Å². The van der Waals surface area contributed by atoms with Crippen LogP contribution in [0, 0.1) is 34.5 Å². The average molecular weight is 316 g/mol. The second-order valence-corrected chi connectivity index (χ2v) is 8.86. The SMILES string of the molecule is CC(=O)[C@H]1CC[C@@H]2[C@H]3CC=C4OC(=O)CC[C@]4(C)[C@H]3CC[C@]12C. The molecule has 4 rings (SSSR count). The number of rotatable bonds is 1. The summed E-state index contributed by atoms with van der Waals surface area (Å²) >= 11 is 0. The van der Waals surface area contributed by atoms with Crippen molar-refractivity contribution in [3.8, 4) is 0 Å². The number of hydrogen-bond donors (Lipinski definition) is 0. The largest absolute Gasteiger partial charge is 0.431 e. The molecule has 3 fully saturated rings. The van der Waals surface area contributed by atoms with E-state index in [1.807, 2.05) is 0 Å². The predicted molar refractivity (Wildman–Crippen MR) is 87.3 cm³/mol. The monoisotopic (exact) mass is 316 g/mol. The molecule has 0 aromatic carbocycles. The number of Topliss-reactive ketones (excluding diaryl/α,β-unsaturated/α-hetero) is 1. The van der Waals surface area contributed by atoms with E-state index in [0.29, 0.717) is 30.0 Å². The first kappa shape index (κ1) is 15.4. The Labute approximate surface area is 138 Å². The van der Waals surface area contributed by atoms with Gasteiger partial charge in [0.05, 0.1) is 0 Å². The molecule has 3 nitrogen and oxygen atoms in total. The molecular weight excluding hydrogens is 288 g/mol. The van der Waals surface area contributed by atoms with Crippen LogP contribution in [0.1, 0.15) is 65.7 Å². The number of ketones is 1. The molecule has 126 valence electrons. The molecule has 6 atom stereocenters. The summed E-state index contributed by atoms with van der Waals surface area (Å²) in [5, 5.41) is 0. The highest BCUT2D eigenvalue weighted by molar-refractivity contribution is 5.79. The third kappa shape index (κ3) is 2.01. The normalized spacial score (nSPS) is 48.7. The van der Waals surface area contributed by atoms with Gasteiger partial charge in [0.2, 0.25) is 0 Å². The van der Waals surface area contributed by atoms with E-state index in [-0.39, 0.29) is 22.7 Å². The van der Waals surface area contributed by atoms with Crippen molar-refractivity contribution in [3.05, 3.63) is 11.8 Å². The van der Waals surface area contributed by atoms with Crippen LogP contribution in [0.4, 0.5) is 0 Å². The zero-order chi connectivity index (χ0) is 16.4. The van der Waals surface area contributed by atoms with Gasteiger partial charge in [-0.05, 0) is 74.7 Å². The predicted octanol–water partition coefficient (Wildman–Crippen LogP) is 4.27. The maximum atomic E-state index is 12.1. The summed E-state index contributed by atoms with van der Waals surface area (Å²) in [6, 6.07) is 0. The molecule has 1 aliphatic heterocycles. The summed E-state index contributed by atoms with van der Waals surface area (Å²) in [6.07, 6.45) is 9.29. The zero-order valence-electron chi connectivity index (χ0n) is 14.6. The number of fused-ring (bicyclic) bond motifs is 5. The lowest BCUT2D eigenvalue weighted by molar-refractivity contribution is -0.152. The average Bonchev–Trinajstić information content (AvgIpc) is 2.85. The number of ether oxygens (including phenoxy) is 1. The first-order chi connectivity index (χ1) is 10.9. The molecule has 1 heterocycles. The van der Waals surface area contributed by atoms with Crippen LogP contribution >= 0.6 is 0 Å². The molecular formula is C20H28O3. The Kier molecular flexibility index (Phi) is 3.31. The standard InChI is InChI=1S/C20H28O3/c1-12(21)14-5-6-15-13-4-7-17-20(3,11-9-18(22)23-17)16(13)8-10-19(14,15)2/h7,13-16H,4-6,8-11H2,1-3H3/t13-,14-,15-,16+,19-,20-/m1/s1. The molecule has 0 amide bonds. The van der Waals surface area contributed by atoms with Crippen molar-refractivity contribution in [1.82, 2.24) is 0 Å². The van der Waals surface area contributed by atoms with Crippen LogP contribution in [0.2, 0.25) is 0 Å². The van der Waals surface area contributed by atoms with Gasteiger partial charge in [-0.3, -0.25) is 9.59 Å². The van der Waals surface area contributed by atoms with E-state index < -0.39 is 0 Å². The summed E-state index contributed by atoms with van der Waals surface area (Å²) in [4.78, 5) is 23.8. The Morgan fingerprint density at radius 3 is 2.70 bits per heavy atom. The van der Waals surface area contributed by atoms with Gasteiger partial charge in [-0.15, -0.1) is 0 Å². The van der Waals surface area contributed by atoms with Crippen molar-refractivity contribution < 1.29 is 14.3 Å². The van der Waals surface area contributed by atoms with Crippen LogP contribution in [0.15, 0.2) is 11.8 Å². The first-order valence-electron chi connectivity index (χ1n) is 9.28. The fourth-order valence-electron chi connectivity index (χ4n) is 6.74. The molecule has 3 aliphatic carbocycles. The number of carbonyl (C=O) groups excluding carboxylic acids is 2. The maximum Gasteiger partial charge on any atom is 0.310 e. The van der Waals surface area contributed by atoms with Crippen molar-refractivity contribution in [2.24, 2.45) is 34.5 Å². The second-order valence-electron chi connectivity index (χ2n) is 8.86. The lowest BCUT2D eigenvalue weighted by atomic mass is 9.49. The lowest BCUT2D eigenvalue weighted by Gasteiger charge is -2.56. The van der Waals surface area contributed by atoms with Crippen molar-refractivity contribution in [1.29, 1.82) is 0 Å². The number of allylic oxidation sites excluding steroid dienone is 2. The number of hydrogen-bond acceptors (Lipinski definition) is 3. The van der Waals surface area contributed by atoms with Crippen molar-refractivity contribution >= 4 is 11.8 Å². The van der Waals surface area contributed by atoms with Crippen molar-refractivity contribution in [2.75, 3.05) is 0 Å². The summed E-state index contributed by atoms with van der Waals surface area (Å²) in [6.45, 7) is 6.46. The molecule has 0 spiro atoms. The Balaban J connectivity index is 1.67. The van der Waals surface area contributed by atoms with Gasteiger partial charge in [-0.1, -0.05) is 13.8 Å². The molecule has 1 saturated heterocycles. The molecule has 0 radical (unpaired) electrons. The van der Waals surface area contributed by atoms with Gasteiger partial charge in [0.15, 0.2) is 0 Å². The Morgan fingerprint density at radius 2 is 1.96 bits per heavy atom. The molecule has 0 N–H and O–H groups in total. The van der Waals surface area contributed by atoms with E-state index in [1.54, 1.807) is 6.92 Å². The zero-order valence-corrected chi connectivity index (χ0v) is 14.6. The van der Waals surface area contributed by atoms with Crippen LogP contribution in [0.25, 0.3) is 0 Å². The topological polar surface area (TPSA) is 43.4 Å². The van der Waals surface area contributed by atoms with Crippen LogP contribution in [-0.4, -0.2) is 11.8 Å². The second kappa shape index (κ2) is 4.94.